The highest BCUT2D eigenvalue weighted by molar-refractivity contribution is 5.67. The smallest absolute Gasteiger partial charge is 0.407 e. The molecule has 1 unspecified atom stereocenters. The second-order valence-corrected chi connectivity index (χ2v) is 5.46. The third kappa shape index (κ3) is 13.3. The molecule has 0 saturated carbocycles. The number of carbonyl (C=O) groups excluding carboxylic acids is 1. The highest BCUT2D eigenvalue weighted by Crippen LogP contribution is 2.21. The van der Waals surface area contributed by atoms with E-state index in [1.54, 1.807) is 20.8 Å². The molecule has 0 aromatic rings. The molecule has 0 aromatic carbocycles. The lowest BCUT2D eigenvalue weighted by Gasteiger charge is -2.20. The van der Waals surface area contributed by atoms with E-state index >= 15 is 0 Å². The lowest BCUT2D eigenvalue weighted by Crippen LogP contribution is -2.35. The molecular formula is C12H23F3N2O2. The van der Waals surface area contributed by atoms with Gasteiger partial charge >= 0.3 is 12.3 Å². The van der Waals surface area contributed by atoms with E-state index in [1.807, 2.05) is 0 Å². The van der Waals surface area contributed by atoms with Gasteiger partial charge in [0.1, 0.15) is 5.60 Å². The number of alkyl halides is 3. The summed E-state index contributed by atoms with van der Waals surface area (Å²) in [4.78, 5) is 11.2. The number of hydrogen-bond acceptors (Lipinski definition) is 3. The van der Waals surface area contributed by atoms with E-state index < -0.39 is 30.3 Å². The van der Waals surface area contributed by atoms with Crippen LogP contribution in [0.4, 0.5) is 18.0 Å². The number of amides is 1. The molecule has 2 N–H and O–H groups in total. The first-order valence-electron chi connectivity index (χ1n) is 6.26. The van der Waals surface area contributed by atoms with Crippen LogP contribution in [0.1, 0.15) is 40.5 Å². The maximum Gasteiger partial charge on any atom is 0.407 e. The lowest BCUT2D eigenvalue weighted by atomic mass is 10.2. The molecule has 0 saturated heterocycles. The fraction of sp³-hybridized carbons (Fsp3) is 0.917. The molecule has 0 aliphatic rings. The van der Waals surface area contributed by atoms with Crippen molar-refractivity contribution in [2.24, 2.45) is 0 Å². The fourth-order valence-electron chi connectivity index (χ4n) is 1.36. The van der Waals surface area contributed by atoms with Crippen molar-refractivity contribution in [2.45, 2.75) is 58.4 Å². The summed E-state index contributed by atoms with van der Waals surface area (Å²) in [5, 5.41) is 5.29. The quantitative estimate of drug-likeness (QED) is 0.737. The highest BCUT2D eigenvalue weighted by Gasteiger charge is 2.29. The van der Waals surface area contributed by atoms with E-state index in [0.717, 1.165) is 0 Å². The van der Waals surface area contributed by atoms with E-state index in [2.05, 4.69) is 10.6 Å². The van der Waals surface area contributed by atoms with Crippen molar-refractivity contribution in [3.63, 3.8) is 0 Å². The molecule has 19 heavy (non-hydrogen) atoms. The Morgan fingerprint density at radius 3 is 2.26 bits per heavy atom. The molecule has 7 heteroatoms. The van der Waals surface area contributed by atoms with Crippen molar-refractivity contribution in [1.82, 2.24) is 10.6 Å². The van der Waals surface area contributed by atoms with Crippen LogP contribution in [0.15, 0.2) is 0 Å². The number of nitrogens with one attached hydrogen (secondary N) is 2. The van der Waals surface area contributed by atoms with E-state index in [9.17, 15) is 18.0 Å². The Bertz CT molecular complexity index is 275. The Balaban J connectivity index is 3.58. The van der Waals surface area contributed by atoms with Gasteiger partial charge in [-0.15, -0.1) is 0 Å². The van der Waals surface area contributed by atoms with Crippen LogP contribution in [-0.4, -0.2) is 37.0 Å². The van der Waals surface area contributed by atoms with Gasteiger partial charge in [0.2, 0.25) is 0 Å². The zero-order valence-corrected chi connectivity index (χ0v) is 11.9. The SMILES string of the molecule is CC(CC(F)(F)F)NCCCNC(=O)OC(C)(C)C. The molecule has 0 rings (SSSR count). The summed E-state index contributed by atoms with van der Waals surface area (Å²) in [5.74, 6) is 0. The predicted octanol–water partition coefficient (Wildman–Crippen LogP) is 2.83. The zero-order chi connectivity index (χ0) is 15.1. The average molecular weight is 284 g/mol. The summed E-state index contributed by atoms with van der Waals surface area (Å²) in [6.45, 7) is 7.52. The van der Waals surface area contributed by atoms with Crippen molar-refractivity contribution in [2.75, 3.05) is 13.1 Å². The van der Waals surface area contributed by atoms with Crippen LogP contribution in [0.5, 0.6) is 0 Å². The Labute approximate surface area is 112 Å². The van der Waals surface area contributed by atoms with E-state index in [-0.39, 0.29) is 0 Å². The van der Waals surface area contributed by atoms with E-state index in [1.165, 1.54) is 6.92 Å². The first-order chi connectivity index (χ1) is 8.49. The van der Waals surface area contributed by atoms with Gasteiger partial charge in [-0.3, -0.25) is 0 Å². The molecule has 0 aliphatic carbocycles. The van der Waals surface area contributed by atoms with E-state index in [4.69, 9.17) is 4.74 Å². The van der Waals surface area contributed by atoms with Gasteiger partial charge in [-0.1, -0.05) is 0 Å². The molecule has 4 nitrogen and oxygen atoms in total. The van der Waals surface area contributed by atoms with Crippen LogP contribution in [0, 0.1) is 0 Å². The Hall–Kier alpha value is -0.980. The van der Waals surface area contributed by atoms with E-state index in [0.29, 0.717) is 19.5 Å². The first-order valence-corrected chi connectivity index (χ1v) is 6.26. The molecule has 0 fully saturated rings. The van der Waals surface area contributed by atoms with Crippen molar-refractivity contribution >= 4 is 6.09 Å². The van der Waals surface area contributed by atoms with Crippen LogP contribution in [-0.2, 0) is 4.74 Å². The standard InChI is InChI=1S/C12H23F3N2O2/c1-9(8-12(13,14)15)16-6-5-7-17-10(18)19-11(2,3)4/h9,16H,5-8H2,1-4H3,(H,17,18). The maximum absolute atomic E-state index is 12.0. The second kappa shape index (κ2) is 7.57. The molecule has 114 valence electrons. The fourth-order valence-corrected chi connectivity index (χ4v) is 1.36. The molecule has 0 spiro atoms. The minimum Gasteiger partial charge on any atom is -0.444 e. The van der Waals surface area contributed by atoms with Crippen LogP contribution < -0.4 is 10.6 Å². The predicted molar refractivity (Wildman–Crippen MR) is 67.0 cm³/mol. The summed E-state index contributed by atoms with van der Waals surface area (Å²) in [5.41, 5.74) is -0.552. The van der Waals surface area contributed by atoms with Gasteiger partial charge in [0.05, 0.1) is 6.42 Å². The molecular weight excluding hydrogens is 261 g/mol. The summed E-state index contributed by atoms with van der Waals surface area (Å²) >= 11 is 0. The normalized spacial score (nSPS) is 14.1. The van der Waals surface area contributed by atoms with Crippen molar-refractivity contribution in [3.05, 3.63) is 0 Å². The minimum absolute atomic E-state index is 0.362. The average Bonchev–Trinajstić information content (AvgIpc) is 2.10. The Morgan fingerprint density at radius 2 is 1.79 bits per heavy atom. The molecule has 0 heterocycles. The van der Waals surface area contributed by atoms with Crippen molar-refractivity contribution in [1.29, 1.82) is 0 Å². The largest absolute Gasteiger partial charge is 0.444 e. The molecule has 1 atom stereocenters. The van der Waals surface area contributed by atoms with Crippen LogP contribution in [0.2, 0.25) is 0 Å². The van der Waals surface area contributed by atoms with Gasteiger partial charge < -0.3 is 15.4 Å². The molecule has 0 aliphatic heterocycles. The topological polar surface area (TPSA) is 50.4 Å². The summed E-state index contributed by atoms with van der Waals surface area (Å²) in [6.07, 6.45) is -4.98. The minimum atomic E-state index is -4.15. The summed E-state index contributed by atoms with van der Waals surface area (Å²) in [7, 11) is 0. The second-order valence-electron chi connectivity index (χ2n) is 5.46. The monoisotopic (exact) mass is 284 g/mol. The maximum atomic E-state index is 12.0. The summed E-state index contributed by atoms with van der Waals surface area (Å²) < 4.78 is 41.1. The number of alkyl carbamates (subject to hydrolysis) is 1. The lowest BCUT2D eigenvalue weighted by molar-refractivity contribution is -0.139. The molecule has 0 bridgehead atoms. The molecule has 0 aromatic heterocycles. The first kappa shape index (κ1) is 18.0. The number of carbonyl (C=O) groups is 1. The van der Waals surface area contributed by atoms with Gasteiger partial charge in [0.15, 0.2) is 0 Å². The van der Waals surface area contributed by atoms with Crippen LogP contribution in [0.25, 0.3) is 0 Å². The van der Waals surface area contributed by atoms with Gasteiger partial charge in [-0.2, -0.15) is 13.2 Å². The Kier molecular flexibility index (Phi) is 7.18. The van der Waals surface area contributed by atoms with Crippen LogP contribution >= 0.6 is 0 Å². The molecule has 1 amide bonds. The third-order valence-corrected chi connectivity index (χ3v) is 2.05. The highest BCUT2D eigenvalue weighted by atomic mass is 19.4. The number of ether oxygens (including phenoxy) is 1. The Morgan fingerprint density at radius 1 is 1.21 bits per heavy atom. The zero-order valence-electron chi connectivity index (χ0n) is 11.9. The van der Waals surface area contributed by atoms with Crippen LogP contribution in [0.3, 0.4) is 0 Å². The van der Waals surface area contributed by atoms with Gasteiger partial charge in [-0.05, 0) is 40.7 Å². The summed E-state index contributed by atoms with van der Waals surface area (Å²) in [6, 6.07) is -0.624. The van der Waals surface area contributed by atoms with Crippen molar-refractivity contribution < 1.29 is 22.7 Å². The van der Waals surface area contributed by atoms with Gasteiger partial charge in [0, 0.05) is 12.6 Å². The third-order valence-electron chi connectivity index (χ3n) is 2.05. The van der Waals surface area contributed by atoms with Gasteiger partial charge in [0.25, 0.3) is 0 Å². The van der Waals surface area contributed by atoms with Crippen molar-refractivity contribution in [3.8, 4) is 0 Å². The number of hydrogen-bond donors (Lipinski definition) is 2. The van der Waals surface area contributed by atoms with Gasteiger partial charge in [-0.25, -0.2) is 4.79 Å². The number of halogens is 3. The molecule has 0 radical (unpaired) electrons. The number of rotatable bonds is 6.